The molecule has 1 atom stereocenters. The third-order valence-corrected chi connectivity index (χ3v) is 5.02. The second-order valence-electron chi connectivity index (χ2n) is 6.94. The van der Waals surface area contributed by atoms with E-state index in [2.05, 4.69) is 9.88 Å². The van der Waals surface area contributed by atoms with Gasteiger partial charge >= 0.3 is 0 Å². The summed E-state index contributed by atoms with van der Waals surface area (Å²) in [7, 11) is 0. The second kappa shape index (κ2) is 7.37. The summed E-state index contributed by atoms with van der Waals surface area (Å²) in [6.45, 7) is 3.68. The summed E-state index contributed by atoms with van der Waals surface area (Å²) in [5.41, 5.74) is 3.52. The molecule has 4 nitrogen and oxygen atoms in total. The fourth-order valence-corrected chi connectivity index (χ4v) is 3.68. The van der Waals surface area contributed by atoms with Gasteiger partial charge in [-0.25, -0.2) is 4.39 Å². The summed E-state index contributed by atoms with van der Waals surface area (Å²) >= 11 is 0. The first-order chi connectivity index (χ1) is 13.1. The molecule has 0 saturated carbocycles. The molecule has 1 aliphatic heterocycles. The van der Waals surface area contributed by atoms with Gasteiger partial charge in [-0.1, -0.05) is 35.9 Å². The molecule has 2 heterocycles. The summed E-state index contributed by atoms with van der Waals surface area (Å²) in [6, 6.07) is 18.2. The van der Waals surface area contributed by atoms with E-state index in [1.165, 1.54) is 6.07 Å². The van der Waals surface area contributed by atoms with E-state index in [-0.39, 0.29) is 24.3 Å². The van der Waals surface area contributed by atoms with Gasteiger partial charge in [-0.05, 0) is 37.3 Å². The van der Waals surface area contributed by atoms with Crippen molar-refractivity contribution in [3.8, 4) is 0 Å². The summed E-state index contributed by atoms with van der Waals surface area (Å²) in [5, 5.41) is 2.94. The van der Waals surface area contributed by atoms with E-state index in [1.54, 1.807) is 12.1 Å². The van der Waals surface area contributed by atoms with E-state index in [0.717, 1.165) is 23.5 Å². The Bertz CT molecular complexity index is 948. The van der Waals surface area contributed by atoms with Crippen LogP contribution in [-0.4, -0.2) is 28.5 Å². The molecule has 0 fully saturated rings. The molecule has 27 heavy (non-hydrogen) atoms. The number of hydrogen-bond acceptors (Lipinski definition) is 2. The zero-order chi connectivity index (χ0) is 18.8. The SMILES string of the molecule is Cc1ccc(NC(=O)CN2CCn3cccc3[C@H]2c2ccccc2F)cc1. The minimum absolute atomic E-state index is 0.0970. The summed E-state index contributed by atoms with van der Waals surface area (Å²) in [5.74, 6) is -0.346. The van der Waals surface area contributed by atoms with Crippen molar-refractivity contribution in [2.45, 2.75) is 19.5 Å². The molecule has 0 saturated heterocycles. The van der Waals surface area contributed by atoms with Crippen molar-refractivity contribution in [1.29, 1.82) is 0 Å². The summed E-state index contributed by atoms with van der Waals surface area (Å²) < 4.78 is 16.7. The van der Waals surface area contributed by atoms with Gasteiger partial charge in [0.25, 0.3) is 0 Å². The molecule has 0 unspecified atom stereocenters. The first-order valence-electron chi connectivity index (χ1n) is 9.12. The molecular formula is C22H22FN3O. The summed E-state index contributed by atoms with van der Waals surface area (Å²) in [6.07, 6.45) is 2.01. The van der Waals surface area contributed by atoms with Crippen LogP contribution in [0.2, 0.25) is 0 Å². The molecule has 5 heteroatoms. The van der Waals surface area contributed by atoms with Crippen molar-refractivity contribution in [3.05, 3.63) is 89.5 Å². The Balaban J connectivity index is 1.58. The number of carbonyl (C=O) groups is 1. The van der Waals surface area contributed by atoms with Crippen LogP contribution in [-0.2, 0) is 11.3 Å². The van der Waals surface area contributed by atoms with Crippen LogP contribution in [0.25, 0.3) is 0 Å². The Morgan fingerprint density at radius 2 is 1.85 bits per heavy atom. The molecule has 3 aromatic rings. The van der Waals surface area contributed by atoms with E-state index in [9.17, 15) is 9.18 Å². The van der Waals surface area contributed by atoms with Crippen LogP contribution >= 0.6 is 0 Å². The van der Waals surface area contributed by atoms with Gasteiger partial charge < -0.3 is 9.88 Å². The van der Waals surface area contributed by atoms with Gasteiger partial charge in [0.2, 0.25) is 5.91 Å². The standard InChI is InChI=1S/C22H22FN3O/c1-16-8-10-17(11-9-16)24-21(27)15-26-14-13-25-12-4-7-20(25)22(26)18-5-2-3-6-19(18)23/h2-12,22H,13-15H2,1H3,(H,24,27)/t22-/m1/s1. The van der Waals surface area contributed by atoms with Gasteiger partial charge in [-0.3, -0.25) is 9.69 Å². The molecule has 0 bridgehead atoms. The number of aryl methyl sites for hydroxylation is 1. The minimum atomic E-state index is -0.279. The van der Waals surface area contributed by atoms with E-state index in [0.29, 0.717) is 12.1 Å². The maximum atomic E-state index is 14.5. The van der Waals surface area contributed by atoms with Crippen LogP contribution in [0.3, 0.4) is 0 Å². The molecule has 1 aromatic heterocycles. The largest absolute Gasteiger partial charge is 0.348 e. The van der Waals surface area contributed by atoms with Crippen molar-refractivity contribution in [3.63, 3.8) is 0 Å². The number of nitrogens with one attached hydrogen (secondary N) is 1. The lowest BCUT2D eigenvalue weighted by atomic mass is 9.99. The van der Waals surface area contributed by atoms with Crippen molar-refractivity contribution in [2.24, 2.45) is 0 Å². The lowest BCUT2D eigenvalue weighted by Crippen LogP contribution is -2.43. The Morgan fingerprint density at radius 1 is 1.07 bits per heavy atom. The summed E-state index contributed by atoms with van der Waals surface area (Å²) in [4.78, 5) is 14.7. The number of carbonyl (C=O) groups excluding carboxylic acids is 1. The van der Waals surface area contributed by atoms with E-state index in [4.69, 9.17) is 0 Å². The van der Waals surface area contributed by atoms with Gasteiger partial charge in [0.15, 0.2) is 0 Å². The van der Waals surface area contributed by atoms with Crippen LogP contribution in [0.15, 0.2) is 66.9 Å². The molecule has 138 valence electrons. The number of aromatic nitrogens is 1. The second-order valence-corrected chi connectivity index (χ2v) is 6.94. The molecule has 2 aromatic carbocycles. The maximum Gasteiger partial charge on any atom is 0.238 e. The molecule has 0 spiro atoms. The van der Waals surface area contributed by atoms with E-state index in [1.807, 2.05) is 60.5 Å². The number of rotatable bonds is 4. The third-order valence-electron chi connectivity index (χ3n) is 5.02. The zero-order valence-corrected chi connectivity index (χ0v) is 15.2. The predicted octanol–water partition coefficient (Wildman–Crippen LogP) is 3.98. The highest BCUT2D eigenvalue weighted by atomic mass is 19.1. The maximum absolute atomic E-state index is 14.5. The van der Waals surface area contributed by atoms with Crippen molar-refractivity contribution in [1.82, 2.24) is 9.47 Å². The lowest BCUT2D eigenvalue weighted by Gasteiger charge is -2.37. The highest BCUT2D eigenvalue weighted by Gasteiger charge is 2.31. The quantitative estimate of drug-likeness (QED) is 0.761. The topological polar surface area (TPSA) is 37.3 Å². The van der Waals surface area contributed by atoms with Crippen LogP contribution in [0.1, 0.15) is 22.9 Å². The van der Waals surface area contributed by atoms with E-state index >= 15 is 0 Å². The number of fused-ring (bicyclic) bond motifs is 1. The van der Waals surface area contributed by atoms with Crippen LogP contribution in [0, 0.1) is 12.7 Å². The number of hydrogen-bond donors (Lipinski definition) is 1. The van der Waals surface area contributed by atoms with Crippen molar-refractivity contribution in [2.75, 3.05) is 18.4 Å². The van der Waals surface area contributed by atoms with Crippen LogP contribution in [0.5, 0.6) is 0 Å². The third kappa shape index (κ3) is 3.64. The Labute approximate surface area is 158 Å². The molecule has 0 aliphatic carbocycles. The molecule has 4 rings (SSSR count). The molecule has 0 radical (unpaired) electrons. The normalized spacial score (nSPS) is 16.7. The van der Waals surface area contributed by atoms with Gasteiger partial charge in [0, 0.05) is 36.2 Å². The predicted molar refractivity (Wildman–Crippen MR) is 104 cm³/mol. The van der Waals surface area contributed by atoms with Crippen LogP contribution < -0.4 is 5.32 Å². The lowest BCUT2D eigenvalue weighted by molar-refractivity contribution is -0.118. The number of anilines is 1. The fourth-order valence-electron chi connectivity index (χ4n) is 3.68. The van der Waals surface area contributed by atoms with E-state index < -0.39 is 0 Å². The Kier molecular flexibility index (Phi) is 4.77. The molecule has 1 aliphatic rings. The number of benzene rings is 2. The zero-order valence-electron chi connectivity index (χ0n) is 15.2. The van der Waals surface area contributed by atoms with Crippen LogP contribution in [0.4, 0.5) is 10.1 Å². The monoisotopic (exact) mass is 363 g/mol. The first kappa shape index (κ1) is 17.5. The number of nitrogens with zero attached hydrogens (tertiary/aromatic N) is 2. The highest BCUT2D eigenvalue weighted by molar-refractivity contribution is 5.92. The molecule has 1 N–H and O–H groups in total. The van der Waals surface area contributed by atoms with Crippen molar-refractivity contribution >= 4 is 11.6 Å². The molecule has 1 amide bonds. The minimum Gasteiger partial charge on any atom is -0.348 e. The van der Waals surface area contributed by atoms with Gasteiger partial charge in [-0.2, -0.15) is 0 Å². The fraction of sp³-hybridized carbons (Fsp3) is 0.227. The number of amides is 1. The first-order valence-corrected chi connectivity index (χ1v) is 9.12. The average Bonchev–Trinajstić information content (AvgIpc) is 3.13. The highest BCUT2D eigenvalue weighted by Crippen LogP contribution is 2.33. The Morgan fingerprint density at radius 3 is 2.63 bits per heavy atom. The smallest absolute Gasteiger partial charge is 0.238 e. The van der Waals surface area contributed by atoms with Gasteiger partial charge in [-0.15, -0.1) is 0 Å². The van der Waals surface area contributed by atoms with Gasteiger partial charge in [0.1, 0.15) is 5.82 Å². The van der Waals surface area contributed by atoms with Gasteiger partial charge in [0.05, 0.1) is 12.6 Å². The van der Waals surface area contributed by atoms with Crippen molar-refractivity contribution < 1.29 is 9.18 Å². The molecular weight excluding hydrogens is 341 g/mol. The number of halogens is 1. The average molecular weight is 363 g/mol. The Hall–Kier alpha value is -2.92.